The number of hydrogen-bond donors (Lipinski definition) is 2. The number of nitrogens with two attached hydrogens (primary N) is 1. The van der Waals surface area contributed by atoms with Crippen molar-refractivity contribution >= 4 is 17.9 Å². The molecule has 20 heavy (non-hydrogen) atoms. The van der Waals surface area contributed by atoms with E-state index in [0.717, 1.165) is 25.7 Å². The van der Waals surface area contributed by atoms with Crippen LogP contribution in [0.3, 0.4) is 0 Å². The van der Waals surface area contributed by atoms with Gasteiger partial charge in [-0.05, 0) is 31.6 Å². The van der Waals surface area contributed by atoms with Crippen molar-refractivity contribution in [2.75, 3.05) is 19.6 Å². The molecule has 0 aromatic heterocycles. The highest BCUT2D eigenvalue weighted by molar-refractivity contribution is 5.81. The third-order valence-electron chi connectivity index (χ3n) is 3.91. The number of likely N-dealkylation sites (tertiary alicyclic amines) is 1. The molecule has 1 saturated carbocycles. The molecule has 0 spiro atoms. The number of carbonyl (C=O) groups is 3. The molecule has 1 saturated heterocycles. The fourth-order valence-corrected chi connectivity index (χ4v) is 2.68. The summed E-state index contributed by atoms with van der Waals surface area (Å²) in [6, 6.07) is -0.102. The molecule has 3 amide bonds. The summed E-state index contributed by atoms with van der Waals surface area (Å²) in [7, 11) is 0. The van der Waals surface area contributed by atoms with E-state index in [4.69, 9.17) is 10.8 Å². The summed E-state index contributed by atoms with van der Waals surface area (Å²) in [6.45, 7) is 0.907. The van der Waals surface area contributed by atoms with E-state index in [0.29, 0.717) is 19.5 Å². The standard InChI is InChI=1S/C13H21N3O4/c14-11(17)7-9-3-5-15(6-4-9)13(20)16(8-12(18)19)10-1-2-10/h9-10H,1-8H2,(H2,14,17)(H,18,19). The monoisotopic (exact) mass is 283 g/mol. The van der Waals surface area contributed by atoms with Gasteiger partial charge in [0, 0.05) is 25.6 Å². The zero-order valence-corrected chi connectivity index (χ0v) is 11.5. The normalized spacial score (nSPS) is 19.7. The van der Waals surface area contributed by atoms with Crippen LogP contribution >= 0.6 is 0 Å². The highest BCUT2D eigenvalue weighted by Gasteiger charge is 2.37. The largest absolute Gasteiger partial charge is 0.480 e. The van der Waals surface area contributed by atoms with Crippen molar-refractivity contribution in [3.63, 3.8) is 0 Å². The third-order valence-corrected chi connectivity index (χ3v) is 3.91. The Labute approximate surface area is 117 Å². The van der Waals surface area contributed by atoms with E-state index in [1.54, 1.807) is 4.90 Å². The van der Waals surface area contributed by atoms with Gasteiger partial charge in [0.1, 0.15) is 6.54 Å². The van der Waals surface area contributed by atoms with Gasteiger partial charge >= 0.3 is 12.0 Å². The van der Waals surface area contributed by atoms with Crippen LogP contribution in [0.5, 0.6) is 0 Å². The molecule has 0 aromatic rings. The maximum Gasteiger partial charge on any atom is 0.323 e. The number of aliphatic carboxylic acids is 1. The van der Waals surface area contributed by atoms with Gasteiger partial charge in [-0.2, -0.15) is 0 Å². The minimum atomic E-state index is -0.978. The number of nitrogens with zero attached hydrogens (tertiary/aromatic N) is 2. The minimum Gasteiger partial charge on any atom is -0.480 e. The Bertz CT molecular complexity index is 400. The van der Waals surface area contributed by atoms with Crippen molar-refractivity contribution in [1.29, 1.82) is 0 Å². The lowest BCUT2D eigenvalue weighted by Gasteiger charge is -2.35. The topological polar surface area (TPSA) is 104 Å². The van der Waals surface area contributed by atoms with Crippen LogP contribution in [0.15, 0.2) is 0 Å². The molecule has 2 fully saturated rings. The summed E-state index contributed by atoms with van der Waals surface area (Å²) in [5.41, 5.74) is 5.18. The van der Waals surface area contributed by atoms with Crippen molar-refractivity contribution in [2.24, 2.45) is 11.7 Å². The molecule has 3 N–H and O–H groups in total. The van der Waals surface area contributed by atoms with Crippen molar-refractivity contribution in [3.05, 3.63) is 0 Å². The van der Waals surface area contributed by atoms with Crippen LogP contribution in [-0.2, 0) is 9.59 Å². The molecule has 0 aromatic carbocycles. The summed E-state index contributed by atoms with van der Waals surface area (Å²) < 4.78 is 0. The zero-order valence-electron chi connectivity index (χ0n) is 11.5. The Morgan fingerprint density at radius 2 is 1.75 bits per heavy atom. The lowest BCUT2D eigenvalue weighted by Crippen LogP contribution is -2.49. The summed E-state index contributed by atoms with van der Waals surface area (Å²) in [4.78, 5) is 37.2. The molecule has 0 unspecified atom stereocenters. The number of rotatable bonds is 5. The van der Waals surface area contributed by atoms with Gasteiger partial charge in [-0.15, -0.1) is 0 Å². The van der Waals surface area contributed by atoms with E-state index >= 15 is 0 Å². The number of amides is 3. The molecule has 7 nitrogen and oxygen atoms in total. The van der Waals surface area contributed by atoms with Gasteiger partial charge in [-0.1, -0.05) is 0 Å². The van der Waals surface area contributed by atoms with Crippen molar-refractivity contribution in [1.82, 2.24) is 9.80 Å². The van der Waals surface area contributed by atoms with Crippen LogP contribution in [0, 0.1) is 5.92 Å². The average Bonchev–Trinajstić information content (AvgIpc) is 3.19. The number of primary amides is 1. The molecule has 1 aliphatic heterocycles. The molecule has 1 aliphatic carbocycles. The van der Waals surface area contributed by atoms with E-state index in [9.17, 15) is 14.4 Å². The van der Waals surface area contributed by atoms with Crippen LogP contribution in [0.4, 0.5) is 4.79 Å². The first kappa shape index (κ1) is 14.6. The van der Waals surface area contributed by atoms with E-state index in [1.807, 2.05) is 0 Å². The SMILES string of the molecule is NC(=O)CC1CCN(C(=O)N(CC(=O)O)C2CC2)CC1. The Morgan fingerprint density at radius 3 is 2.20 bits per heavy atom. The molecule has 112 valence electrons. The summed E-state index contributed by atoms with van der Waals surface area (Å²) in [5.74, 6) is -1.04. The van der Waals surface area contributed by atoms with E-state index in [-0.39, 0.29) is 30.4 Å². The van der Waals surface area contributed by atoms with Gasteiger partial charge in [-0.25, -0.2) is 4.79 Å². The van der Waals surface area contributed by atoms with E-state index < -0.39 is 5.97 Å². The van der Waals surface area contributed by atoms with Gasteiger partial charge in [0.25, 0.3) is 0 Å². The predicted molar refractivity (Wildman–Crippen MR) is 70.9 cm³/mol. The summed E-state index contributed by atoms with van der Waals surface area (Å²) in [6.07, 6.45) is 3.64. The molecule has 2 rings (SSSR count). The second-order valence-corrected chi connectivity index (χ2v) is 5.64. The van der Waals surface area contributed by atoms with Crippen LogP contribution in [-0.4, -0.2) is 58.5 Å². The number of hydrogen-bond acceptors (Lipinski definition) is 3. The first-order valence-electron chi connectivity index (χ1n) is 7.03. The third kappa shape index (κ3) is 3.85. The molecular weight excluding hydrogens is 262 g/mol. The van der Waals surface area contributed by atoms with Gasteiger partial charge in [-0.3, -0.25) is 9.59 Å². The van der Waals surface area contributed by atoms with Crippen LogP contribution in [0.2, 0.25) is 0 Å². The first-order valence-corrected chi connectivity index (χ1v) is 7.03. The summed E-state index contributed by atoms with van der Waals surface area (Å²) in [5, 5.41) is 8.89. The van der Waals surface area contributed by atoms with E-state index in [1.165, 1.54) is 4.90 Å². The van der Waals surface area contributed by atoms with Crippen molar-refractivity contribution in [2.45, 2.75) is 38.1 Å². The fraction of sp³-hybridized carbons (Fsp3) is 0.769. The lowest BCUT2D eigenvalue weighted by atomic mass is 9.93. The van der Waals surface area contributed by atoms with Gasteiger partial charge in [0.05, 0.1) is 0 Å². The van der Waals surface area contributed by atoms with Gasteiger partial charge in [0.2, 0.25) is 5.91 Å². The lowest BCUT2D eigenvalue weighted by molar-refractivity contribution is -0.138. The Kier molecular flexibility index (Phi) is 4.46. The highest BCUT2D eigenvalue weighted by atomic mass is 16.4. The highest BCUT2D eigenvalue weighted by Crippen LogP contribution is 2.29. The number of carboxylic acids is 1. The quantitative estimate of drug-likeness (QED) is 0.754. The molecule has 1 heterocycles. The molecular formula is C13H21N3O4. The Balaban J connectivity index is 1.86. The molecule has 0 bridgehead atoms. The molecule has 2 aliphatic rings. The number of piperidine rings is 1. The Hall–Kier alpha value is -1.79. The molecule has 0 radical (unpaired) electrons. The molecule has 0 atom stereocenters. The molecule has 7 heteroatoms. The van der Waals surface area contributed by atoms with Crippen molar-refractivity contribution < 1.29 is 19.5 Å². The van der Waals surface area contributed by atoms with Crippen LogP contribution in [0.1, 0.15) is 32.1 Å². The first-order chi connectivity index (χ1) is 9.47. The summed E-state index contributed by atoms with van der Waals surface area (Å²) >= 11 is 0. The van der Waals surface area contributed by atoms with Gasteiger partial charge in [0.15, 0.2) is 0 Å². The fourth-order valence-electron chi connectivity index (χ4n) is 2.68. The maximum absolute atomic E-state index is 12.3. The second kappa shape index (κ2) is 6.11. The predicted octanol–water partition coefficient (Wildman–Crippen LogP) is 0.243. The van der Waals surface area contributed by atoms with Gasteiger partial charge < -0.3 is 20.6 Å². The Morgan fingerprint density at radius 1 is 1.15 bits per heavy atom. The number of carboxylic acid groups (broad SMARTS) is 1. The smallest absolute Gasteiger partial charge is 0.323 e. The number of urea groups is 1. The van der Waals surface area contributed by atoms with Crippen LogP contribution < -0.4 is 5.73 Å². The van der Waals surface area contributed by atoms with E-state index in [2.05, 4.69) is 0 Å². The minimum absolute atomic E-state index is 0.0851. The number of carbonyl (C=O) groups excluding carboxylic acids is 2. The zero-order chi connectivity index (χ0) is 14.7. The average molecular weight is 283 g/mol. The van der Waals surface area contributed by atoms with Crippen LogP contribution in [0.25, 0.3) is 0 Å². The maximum atomic E-state index is 12.3. The second-order valence-electron chi connectivity index (χ2n) is 5.64. The van der Waals surface area contributed by atoms with Crippen molar-refractivity contribution in [3.8, 4) is 0 Å².